The fraction of sp³-hybridized carbons (Fsp3) is 0.241. The number of ether oxygens (including phenoxy) is 3. The molecule has 0 heterocycles. The summed E-state index contributed by atoms with van der Waals surface area (Å²) < 4.78 is 18.0. The highest BCUT2D eigenvalue weighted by atomic mass is 79.9. The van der Waals surface area contributed by atoms with Crippen LogP contribution in [0.2, 0.25) is 0 Å². The first-order valence-electron chi connectivity index (χ1n) is 11.6. The van der Waals surface area contributed by atoms with E-state index in [0.29, 0.717) is 52.8 Å². The summed E-state index contributed by atoms with van der Waals surface area (Å²) in [4.78, 5) is 12.7. The van der Waals surface area contributed by atoms with Gasteiger partial charge in [-0.2, -0.15) is 5.26 Å². The number of carbonyl (C=O) groups excluding carboxylic acids is 1. The Kier molecular flexibility index (Phi) is 9.54. The van der Waals surface area contributed by atoms with Gasteiger partial charge in [-0.25, -0.2) is 0 Å². The SMILES string of the molecule is CCOc1ccc(NC(=O)/C(C#N)=C/c2cc(Br)c(OCc3cc(C)cc(C)c3)c(OCC)c2)cc1. The lowest BCUT2D eigenvalue weighted by molar-refractivity contribution is -0.112. The number of hydrogen-bond donors (Lipinski definition) is 1. The van der Waals surface area contributed by atoms with Crippen molar-refractivity contribution in [3.8, 4) is 23.3 Å². The predicted octanol–water partition coefficient (Wildman–Crippen LogP) is 6.99. The van der Waals surface area contributed by atoms with E-state index in [4.69, 9.17) is 14.2 Å². The zero-order valence-electron chi connectivity index (χ0n) is 20.9. The summed E-state index contributed by atoms with van der Waals surface area (Å²) >= 11 is 3.56. The van der Waals surface area contributed by atoms with E-state index in [1.165, 1.54) is 17.2 Å². The molecule has 0 atom stereocenters. The molecule has 0 aliphatic heterocycles. The lowest BCUT2D eigenvalue weighted by atomic mass is 10.1. The van der Waals surface area contributed by atoms with Gasteiger partial charge in [-0.1, -0.05) is 29.3 Å². The first-order chi connectivity index (χ1) is 17.3. The van der Waals surface area contributed by atoms with Gasteiger partial charge < -0.3 is 19.5 Å². The van der Waals surface area contributed by atoms with Gasteiger partial charge in [0.25, 0.3) is 5.91 Å². The molecule has 1 amide bonds. The smallest absolute Gasteiger partial charge is 0.266 e. The Morgan fingerprint density at radius 1 is 0.972 bits per heavy atom. The quantitative estimate of drug-likeness (QED) is 0.218. The molecule has 6 nitrogen and oxygen atoms in total. The van der Waals surface area contributed by atoms with Crippen LogP contribution in [0.1, 0.15) is 36.1 Å². The minimum Gasteiger partial charge on any atom is -0.494 e. The number of nitrogens with zero attached hydrogens (tertiary/aromatic N) is 1. The fourth-order valence-corrected chi connectivity index (χ4v) is 4.27. The number of aryl methyl sites for hydroxylation is 2. The third-order valence-electron chi connectivity index (χ3n) is 5.10. The second-order valence-corrected chi connectivity index (χ2v) is 8.98. The highest BCUT2D eigenvalue weighted by Crippen LogP contribution is 2.38. The number of carbonyl (C=O) groups is 1. The van der Waals surface area contributed by atoms with Crippen molar-refractivity contribution in [1.29, 1.82) is 5.26 Å². The largest absolute Gasteiger partial charge is 0.494 e. The second-order valence-electron chi connectivity index (χ2n) is 8.13. The van der Waals surface area contributed by atoms with Crippen LogP contribution in [0.3, 0.4) is 0 Å². The highest BCUT2D eigenvalue weighted by molar-refractivity contribution is 9.10. The minimum atomic E-state index is -0.508. The first-order valence-corrected chi connectivity index (χ1v) is 12.4. The molecule has 36 heavy (non-hydrogen) atoms. The Balaban J connectivity index is 1.81. The van der Waals surface area contributed by atoms with E-state index >= 15 is 0 Å². The summed E-state index contributed by atoms with van der Waals surface area (Å²) in [5.41, 5.74) is 4.56. The molecule has 7 heteroatoms. The Labute approximate surface area is 220 Å². The Bertz CT molecular complexity index is 1270. The van der Waals surface area contributed by atoms with Crippen LogP contribution in [0.15, 0.2) is 64.6 Å². The standard InChI is InChI=1S/C29H29BrN2O4/c1-5-34-25-9-7-24(8-10-25)32-29(33)23(17-31)14-21-15-26(30)28(27(16-21)35-6-2)36-18-22-12-19(3)11-20(4)13-22/h7-16H,5-6,18H2,1-4H3,(H,32,33)/b23-14+. The van der Waals surface area contributed by atoms with Crippen molar-refractivity contribution in [2.45, 2.75) is 34.3 Å². The number of anilines is 1. The van der Waals surface area contributed by atoms with Crippen molar-refractivity contribution in [2.75, 3.05) is 18.5 Å². The molecule has 3 aromatic carbocycles. The van der Waals surface area contributed by atoms with Crippen molar-refractivity contribution in [3.63, 3.8) is 0 Å². The van der Waals surface area contributed by atoms with Gasteiger partial charge in [0.05, 0.1) is 17.7 Å². The zero-order valence-corrected chi connectivity index (χ0v) is 22.4. The van der Waals surface area contributed by atoms with E-state index in [1.54, 1.807) is 36.4 Å². The van der Waals surface area contributed by atoms with Crippen molar-refractivity contribution in [1.82, 2.24) is 0 Å². The summed E-state index contributed by atoms with van der Waals surface area (Å²) in [6.07, 6.45) is 1.52. The van der Waals surface area contributed by atoms with E-state index < -0.39 is 5.91 Å². The molecule has 186 valence electrons. The van der Waals surface area contributed by atoms with E-state index in [2.05, 4.69) is 53.3 Å². The van der Waals surface area contributed by atoms with Crippen molar-refractivity contribution in [2.24, 2.45) is 0 Å². The molecule has 0 aliphatic carbocycles. The van der Waals surface area contributed by atoms with Gasteiger partial charge >= 0.3 is 0 Å². The van der Waals surface area contributed by atoms with Crippen LogP contribution in [0.25, 0.3) is 6.08 Å². The predicted molar refractivity (Wildman–Crippen MR) is 145 cm³/mol. The number of rotatable bonds is 10. The van der Waals surface area contributed by atoms with Crippen molar-refractivity contribution < 1.29 is 19.0 Å². The molecule has 1 N–H and O–H groups in total. The van der Waals surface area contributed by atoms with Crippen LogP contribution >= 0.6 is 15.9 Å². The molecule has 0 saturated carbocycles. The molecule has 3 rings (SSSR count). The molecule has 0 spiro atoms. The van der Waals surface area contributed by atoms with E-state index in [9.17, 15) is 10.1 Å². The van der Waals surface area contributed by atoms with Gasteiger partial charge in [0.15, 0.2) is 11.5 Å². The molecule has 0 unspecified atom stereocenters. The van der Waals surface area contributed by atoms with Crippen LogP contribution < -0.4 is 19.5 Å². The normalized spacial score (nSPS) is 10.9. The topological polar surface area (TPSA) is 80.6 Å². The third kappa shape index (κ3) is 7.37. The molecule has 0 saturated heterocycles. The van der Waals surface area contributed by atoms with Gasteiger partial charge in [-0.3, -0.25) is 4.79 Å². The molecule has 0 radical (unpaired) electrons. The van der Waals surface area contributed by atoms with Gasteiger partial charge in [-0.15, -0.1) is 0 Å². The Morgan fingerprint density at radius 3 is 2.25 bits per heavy atom. The fourth-order valence-electron chi connectivity index (χ4n) is 3.70. The average molecular weight is 549 g/mol. The second kappa shape index (κ2) is 12.8. The van der Waals surface area contributed by atoms with Crippen LogP contribution in [-0.2, 0) is 11.4 Å². The van der Waals surface area contributed by atoms with Crippen LogP contribution in [0.4, 0.5) is 5.69 Å². The maximum atomic E-state index is 12.7. The monoisotopic (exact) mass is 548 g/mol. The maximum absolute atomic E-state index is 12.7. The summed E-state index contributed by atoms with van der Waals surface area (Å²) in [7, 11) is 0. The maximum Gasteiger partial charge on any atom is 0.266 e. The molecule has 0 aromatic heterocycles. The summed E-state index contributed by atoms with van der Waals surface area (Å²) in [6.45, 7) is 9.26. The number of benzene rings is 3. The minimum absolute atomic E-state index is 0.0397. The van der Waals surface area contributed by atoms with Gasteiger partial charge in [0.2, 0.25) is 0 Å². The van der Waals surface area contributed by atoms with Gasteiger partial charge in [-0.05, 0) is 97.2 Å². The Hall–Kier alpha value is -3.76. The lowest BCUT2D eigenvalue weighted by Gasteiger charge is -2.15. The van der Waals surface area contributed by atoms with E-state index in [-0.39, 0.29) is 5.57 Å². The average Bonchev–Trinajstić information content (AvgIpc) is 2.83. The van der Waals surface area contributed by atoms with Crippen LogP contribution in [0, 0.1) is 25.2 Å². The van der Waals surface area contributed by atoms with Crippen molar-refractivity contribution in [3.05, 3.63) is 86.9 Å². The molecular weight excluding hydrogens is 520 g/mol. The van der Waals surface area contributed by atoms with Crippen molar-refractivity contribution >= 4 is 33.6 Å². The lowest BCUT2D eigenvalue weighted by Crippen LogP contribution is -2.13. The van der Waals surface area contributed by atoms with Crippen LogP contribution in [-0.4, -0.2) is 19.1 Å². The van der Waals surface area contributed by atoms with Crippen LogP contribution in [0.5, 0.6) is 17.2 Å². The zero-order chi connectivity index (χ0) is 26.1. The molecule has 0 fully saturated rings. The molecule has 3 aromatic rings. The number of halogens is 1. The number of hydrogen-bond acceptors (Lipinski definition) is 5. The third-order valence-corrected chi connectivity index (χ3v) is 5.68. The molecular formula is C29H29BrN2O4. The number of amides is 1. The highest BCUT2D eigenvalue weighted by Gasteiger charge is 2.15. The van der Waals surface area contributed by atoms with E-state index in [1.807, 2.05) is 19.9 Å². The first kappa shape index (κ1) is 26.8. The Morgan fingerprint density at radius 2 is 1.64 bits per heavy atom. The molecule has 0 bridgehead atoms. The molecule has 0 aliphatic rings. The van der Waals surface area contributed by atoms with E-state index in [0.717, 1.165) is 5.56 Å². The van der Waals surface area contributed by atoms with Gasteiger partial charge in [0, 0.05) is 5.69 Å². The number of nitrogens with one attached hydrogen (secondary N) is 1. The summed E-state index contributed by atoms with van der Waals surface area (Å²) in [5.74, 6) is 1.28. The van der Waals surface area contributed by atoms with Gasteiger partial charge in [0.1, 0.15) is 24.0 Å². The number of nitriles is 1. The summed E-state index contributed by atoms with van der Waals surface area (Å²) in [5, 5.41) is 12.4. The summed E-state index contributed by atoms with van der Waals surface area (Å²) in [6, 6.07) is 18.8.